The van der Waals surface area contributed by atoms with Crippen LogP contribution >= 0.6 is 0 Å². The first-order chi connectivity index (χ1) is 10.2. The SMILES string of the molecule is CCC(CO)N1CCN(C(C)c2ccc(C#N)cc2)CC1. The van der Waals surface area contributed by atoms with Crippen molar-refractivity contribution in [2.75, 3.05) is 32.8 Å². The Balaban J connectivity index is 1.93. The number of nitrogens with zero attached hydrogens (tertiary/aromatic N) is 3. The molecule has 21 heavy (non-hydrogen) atoms. The summed E-state index contributed by atoms with van der Waals surface area (Å²) in [5.41, 5.74) is 1.97. The molecule has 0 aliphatic carbocycles. The normalized spacial score (nSPS) is 19.9. The molecule has 0 saturated carbocycles. The van der Waals surface area contributed by atoms with Crippen molar-refractivity contribution >= 4 is 0 Å². The smallest absolute Gasteiger partial charge is 0.0991 e. The van der Waals surface area contributed by atoms with Gasteiger partial charge in [-0.25, -0.2) is 0 Å². The third-order valence-electron chi connectivity index (χ3n) is 4.62. The third kappa shape index (κ3) is 3.82. The second kappa shape index (κ2) is 7.56. The van der Waals surface area contributed by atoms with Gasteiger partial charge >= 0.3 is 0 Å². The predicted octanol–water partition coefficient (Wildman–Crippen LogP) is 2.01. The lowest BCUT2D eigenvalue weighted by molar-refractivity contribution is 0.0486. The summed E-state index contributed by atoms with van der Waals surface area (Å²) in [5, 5.41) is 18.3. The number of aliphatic hydroxyl groups excluding tert-OH is 1. The standard InChI is InChI=1S/C17H25N3O/c1-3-17(13-21)20-10-8-19(9-11-20)14(2)16-6-4-15(12-18)5-7-16/h4-7,14,17,21H,3,8-11,13H2,1-2H3. The summed E-state index contributed by atoms with van der Waals surface area (Å²) in [6.45, 7) is 8.68. The molecule has 0 bridgehead atoms. The second-order valence-electron chi connectivity index (χ2n) is 5.73. The molecule has 4 heteroatoms. The largest absolute Gasteiger partial charge is 0.395 e. The van der Waals surface area contributed by atoms with E-state index in [2.05, 4.69) is 41.8 Å². The fraction of sp³-hybridized carbons (Fsp3) is 0.588. The topological polar surface area (TPSA) is 50.5 Å². The predicted molar refractivity (Wildman–Crippen MR) is 83.9 cm³/mol. The highest BCUT2D eigenvalue weighted by Gasteiger charge is 2.25. The summed E-state index contributed by atoms with van der Waals surface area (Å²) in [6.07, 6.45) is 1.00. The molecular formula is C17H25N3O. The van der Waals surface area contributed by atoms with E-state index in [1.54, 1.807) is 0 Å². The summed E-state index contributed by atoms with van der Waals surface area (Å²) in [4.78, 5) is 4.87. The van der Waals surface area contributed by atoms with Crippen LogP contribution in [0.2, 0.25) is 0 Å². The Morgan fingerprint density at radius 2 is 1.71 bits per heavy atom. The van der Waals surface area contributed by atoms with Crippen LogP contribution in [0.5, 0.6) is 0 Å². The van der Waals surface area contributed by atoms with Gasteiger partial charge in [-0.15, -0.1) is 0 Å². The highest BCUT2D eigenvalue weighted by Crippen LogP contribution is 2.22. The molecule has 0 amide bonds. The fourth-order valence-electron chi connectivity index (χ4n) is 3.04. The van der Waals surface area contributed by atoms with Crippen molar-refractivity contribution in [2.45, 2.75) is 32.4 Å². The van der Waals surface area contributed by atoms with Crippen LogP contribution in [0.4, 0.5) is 0 Å². The maximum Gasteiger partial charge on any atom is 0.0991 e. The quantitative estimate of drug-likeness (QED) is 0.900. The Labute approximate surface area is 127 Å². The van der Waals surface area contributed by atoms with Crippen LogP contribution in [0.25, 0.3) is 0 Å². The van der Waals surface area contributed by atoms with Crippen LogP contribution in [-0.4, -0.2) is 53.7 Å². The van der Waals surface area contributed by atoms with Gasteiger partial charge in [-0.2, -0.15) is 5.26 Å². The number of hydrogen-bond acceptors (Lipinski definition) is 4. The Morgan fingerprint density at radius 3 is 2.19 bits per heavy atom. The van der Waals surface area contributed by atoms with Crippen LogP contribution in [0.15, 0.2) is 24.3 Å². The van der Waals surface area contributed by atoms with E-state index in [-0.39, 0.29) is 6.61 Å². The van der Waals surface area contributed by atoms with Crippen molar-refractivity contribution in [3.63, 3.8) is 0 Å². The van der Waals surface area contributed by atoms with Crippen LogP contribution in [0.1, 0.15) is 37.4 Å². The molecule has 1 N–H and O–H groups in total. The lowest BCUT2D eigenvalue weighted by atomic mass is 10.0. The molecule has 0 aromatic heterocycles. The first kappa shape index (κ1) is 16.0. The van der Waals surface area contributed by atoms with E-state index in [1.165, 1.54) is 5.56 Å². The monoisotopic (exact) mass is 287 g/mol. The van der Waals surface area contributed by atoms with Crippen molar-refractivity contribution in [1.82, 2.24) is 9.80 Å². The molecule has 1 aromatic carbocycles. The zero-order valence-corrected chi connectivity index (χ0v) is 13.0. The molecule has 1 heterocycles. The molecule has 1 aliphatic heterocycles. The first-order valence-corrected chi connectivity index (χ1v) is 7.78. The van der Waals surface area contributed by atoms with Gasteiger partial charge < -0.3 is 5.11 Å². The lowest BCUT2D eigenvalue weighted by Crippen LogP contribution is -2.51. The molecule has 1 fully saturated rings. The highest BCUT2D eigenvalue weighted by atomic mass is 16.3. The summed E-state index contributed by atoms with van der Waals surface area (Å²) in [6, 6.07) is 10.7. The number of benzene rings is 1. The zero-order valence-electron chi connectivity index (χ0n) is 13.0. The average molecular weight is 287 g/mol. The van der Waals surface area contributed by atoms with Crippen molar-refractivity contribution in [2.24, 2.45) is 0 Å². The molecule has 0 radical (unpaired) electrons. The van der Waals surface area contributed by atoms with Crippen molar-refractivity contribution < 1.29 is 5.11 Å². The molecule has 114 valence electrons. The van der Waals surface area contributed by atoms with Crippen LogP contribution in [0.3, 0.4) is 0 Å². The molecule has 2 rings (SSSR count). The number of piperazine rings is 1. The minimum absolute atomic E-state index is 0.252. The van der Waals surface area contributed by atoms with Gasteiger partial charge in [0.25, 0.3) is 0 Å². The van der Waals surface area contributed by atoms with Gasteiger partial charge in [0.15, 0.2) is 0 Å². The van der Waals surface area contributed by atoms with Crippen molar-refractivity contribution in [3.05, 3.63) is 35.4 Å². The maximum atomic E-state index is 9.40. The van der Waals surface area contributed by atoms with E-state index in [0.29, 0.717) is 17.6 Å². The molecular weight excluding hydrogens is 262 g/mol. The Bertz CT molecular complexity index is 468. The van der Waals surface area contributed by atoms with Gasteiger partial charge in [0.05, 0.1) is 18.2 Å². The summed E-state index contributed by atoms with van der Waals surface area (Å²) < 4.78 is 0. The minimum atomic E-state index is 0.252. The molecule has 1 aromatic rings. The fourth-order valence-corrected chi connectivity index (χ4v) is 3.04. The number of aliphatic hydroxyl groups is 1. The maximum absolute atomic E-state index is 9.40. The van der Waals surface area contributed by atoms with E-state index in [9.17, 15) is 5.11 Å². The molecule has 1 saturated heterocycles. The molecule has 0 spiro atoms. The van der Waals surface area contributed by atoms with Gasteiger partial charge in [0, 0.05) is 38.3 Å². The van der Waals surface area contributed by atoms with Gasteiger partial charge in [-0.05, 0) is 31.0 Å². The number of hydrogen-bond donors (Lipinski definition) is 1. The third-order valence-corrected chi connectivity index (χ3v) is 4.62. The number of rotatable bonds is 5. The van der Waals surface area contributed by atoms with Gasteiger partial charge in [0.2, 0.25) is 0 Å². The Kier molecular flexibility index (Phi) is 5.75. The van der Waals surface area contributed by atoms with Crippen LogP contribution in [0, 0.1) is 11.3 Å². The molecule has 2 atom stereocenters. The molecule has 4 nitrogen and oxygen atoms in total. The van der Waals surface area contributed by atoms with Crippen LogP contribution in [-0.2, 0) is 0 Å². The Hall–Kier alpha value is -1.41. The van der Waals surface area contributed by atoms with Crippen molar-refractivity contribution in [1.29, 1.82) is 5.26 Å². The van der Waals surface area contributed by atoms with E-state index in [1.807, 2.05) is 12.1 Å². The molecule has 1 aliphatic rings. The second-order valence-corrected chi connectivity index (χ2v) is 5.73. The van der Waals surface area contributed by atoms with E-state index in [0.717, 1.165) is 32.6 Å². The minimum Gasteiger partial charge on any atom is -0.395 e. The van der Waals surface area contributed by atoms with Gasteiger partial charge in [-0.1, -0.05) is 19.1 Å². The number of nitriles is 1. The van der Waals surface area contributed by atoms with Gasteiger partial charge in [-0.3, -0.25) is 9.80 Å². The molecule has 2 unspecified atom stereocenters. The first-order valence-electron chi connectivity index (χ1n) is 7.78. The van der Waals surface area contributed by atoms with Crippen LogP contribution < -0.4 is 0 Å². The average Bonchev–Trinajstić information content (AvgIpc) is 2.56. The summed E-state index contributed by atoms with van der Waals surface area (Å²) in [5.74, 6) is 0. The lowest BCUT2D eigenvalue weighted by Gasteiger charge is -2.41. The van der Waals surface area contributed by atoms with E-state index >= 15 is 0 Å². The zero-order chi connectivity index (χ0) is 15.2. The highest BCUT2D eigenvalue weighted by molar-refractivity contribution is 5.32. The summed E-state index contributed by atoms with van der Waals surface area (Å²) in [7, 11) is 0. The van der Waals surface area contributed by atoms with E-state index in [4.69, 9.17) is 5.26 Å². The Morgan fingerprint density at radius 1 is 1.14 bits per heavy atom. The van der Waals surface area contributed by atoms with E-state index < -0.39 is 0 Å². The van der Waals surface area contributed by atoms with Gasteiger partial charge in [0.1, 0.15) is 0 Å². The van der Waals surface area contributed by atoms with Crippen molar-refractivity contribution in [3.8, 4) is 6.07 Å². The summed E-state index contributed by atoms with van der Waals surface area (Å²) >= 11 is 0.